The second-order valence-corrected chi connectivity index (χ2v) is 5.86. The van der Waals surface area contributed by atoms with Crippen molar-refractivity contribution < 1.29 is 28.6 Å². The number of nitrogens with one attached hydrogen (secondary N) is 2. The van der Waals surface area contributed by atoms with Crippen LogP contribution in [0.15, 0.2) is 0 Å². The van der Waals surface area contributed by atoms with Crippen molar-refractivity contribution in [2.24, 2.45) is 0 Å². The van der Waals surface area contributed by atoms with Crippen LogP contribution >= 0.6 is 0 Å². The lowest BCUT2D eigenvalue weighted by Crippen LogP contribution is -2.57. The van der Waals surface area contributed by atoms with Crippen molar-refractivity contribution in [3.05, 3.63) is 0 Å². The molecule has 1 aliphatic heterocycles. The predicted octanol–water partition coefficient (Wildman–Crippen LogP) is -0.0422. The third-order valence-electron chi connectivity index (χ3n) is 3.00. The average Bonchev–Trinajstić information content (AvgIpc) is 2.79. The number of methoxy groups -OCH3 is 2. The van der Waals surface area contributed by atoms with Gasteiger partial charge >= 0.3 is 18.0 Å². The molecule has 0 radical (unpaired) electrons. The number of rotatable bonds is 3. The summed E-state index contributed by atoms with van der Waals surface area (Å²) in [4.78, 5) is 35.5. The van der Waals surface area contributed by atoms with Crippen molar-refractivity contribution in [2.75, 3.05) is 20.8 Å². The lowest BCUT2D eigenvalue weighted by atomic mass is 9.96. The van der Waals surface area contributed by atoms with E-state index in [0.717, 1.165) is 0 Å². The Morgan fingerprint density at radius 2 is 1.81 bits per heavy atom. The Morgan fingerprint density at radius 3 is 2.29 bits per heavy atom. The summed E-state index contributed by atoms with van der Waals surface area (Å²) in [6, 6.07) is -0.691. The van der Waals surface area contributed by atoms with Crippen LogP contribution in [0, 0.1) is 0 Å². The van der Waals surface area contributed by atoms with Gasteiger partial charge in [0.2, 0.25) is 0 Å². The summed E-state index contributed by atoms with van der Waals surface area (Å²) in [7, 11) is 2.47. The third-order valence-corrected chi connectivity index (χ3v) is 3.00. The average molecular weight is 302 g/mol. The van der Waals surface area contributed by atoms with Crippen LogP contribution in [0.3, 0.4) is 0 Å². The van der Waals surface area contributed by atoms with E-state index in [4.69, 9.17) is 9.47 Å². The van der Waals surface area contributed by atoms with Crippen molar-refractivity contribution in [1.29, 1.82) is 0 Å². The molecular weight excluding hydrogens is 280 g/mol. The van der Waals surface area contributed by atoms with E-state index in [-0.39, 0.29) is 13.0 Å². The van der Waals surface area contributed by atoms with Gasteiger partial charge in [0.25, 0.3) is 0 Å². The molecule has 1 saturated heterocycles. The standard InChI is InChI=1S/C13H22N2O6/c1-12(2,3)21-11(18)15-13(10(17)20-5)6-8(14-7-13)9(16)19-4/h8,14H,6-7H2,1-5H3,(H,15,18)/t8-,13+/m0/s1. The van der Waals surface area contributed by atoms with Gasteiger partial charge in [-0.2, -0.15) is 0 Å². The number of amides is 1. The Hall–Kier alpha value is -1.83. The Morgan fingerprint density at radius 1 is 1.19 bits per heavy atom. The molecule has 0 saturated carbocycles. The van der Waals surface area contributed by atoms with Gasteiger partial charge in [-0.15, -0.1) is 0 Å². The first-order valence-electron chi connectivity index (χ1n) is 6.54. The number of carbonyl (C=O) groups is 3. The molecule has 1 heterocycles. The fourth-order valence-electron chi connectivity index (χ4n) is 2.10. The minimum Gasteiger partial charge on any atom is -0.468 e. The molecule has 8 heteroatoms. The van der Waals surface area contributed by atoms with Gasteiger partial charge in [-0.3, -0.25) is 4.79 Å². The molecule has 2 atom stereocenters. The number of hydrogen-bond acceptors (Lipinski definition) is 7. The van der Waals surface area contributed by atoms with Crippen LogP contribution < -0.4 is 10.6 Å². The maximum absolute atomic E-state index is 12.0. The number of carbonyl (C=O) groups excluding carboxylic acids is 3. The van der Waals surface area contributed by atoms with Gasteiger partial charge in [0, 0.05) is 13.0 Å². The highest BCUT2D eigenvalue weighted by molar-refractivity contribution is 5.89. The molecule has 21 heavy (non-hydrogen) atoms. The molecule has 0 unspecified atom stereocenters. The monoisotopic (exact) mass is 302 g/mol. The van der Waals surface area contributed by atoms with Crippen LogP contribution in [0.1, 0.15) is 27.2 Å². The van der Waals surface area contributed by atoms with Crippen molar-refractivity contribution in [3.63, 3.8) is 0 Å². The molecule has 0 aromatic carbocycles. The zero-order chi connectivity index (χ0) is 16.3. The predicted molar refractivity (Wildman–Crippen MR) is 72.5 cm³/mol. The topological polar surface area (TPSA) is 103 Å². The second kappa shape index (κ2) is 6.30. The molecule has 0 bridgehead atoms. The van der Waals surface area contributed by atoms with Crippen molar-refractivity contribution >= 4 is 18.0 Å². The number of ether oxygens (including phenoxy) is 3. The Balaban J connectivity index is 2.85. The zero-order valence-corrected chi connectivity index (χ0v) is 12.9. The Bertz CT molecular complexity index is 431. The van der Waals surface area contributed by atoms with E-state index in [2.05, 4.69) is 15.4 Å². The molecule has 1 fully saturated rings. The van der Waals surface area contributed by atoms with Crippen LogP contribution in [0.5, 0.6) is 0 Å². The first-order valence-corrected chi connectivity index (χ1v) is 6.54. The number of esters is 2. The minimum atomic E-state index is -1.35. The van der Waals surface area contributed by atoms with Gasteiger partial charge in [-0.05, 0) is 20.8 Å². The SMILES string of the molecule is COC(=O)[C@@H]1C[C@](NC(=O)OC(C)(C)C)(C(=O)OC)CN1. The van der Waals surface area contributed by atoms with E-state index >= 15 is 0 Å². The van der Waals surface area contributed by atoms with Gasteiger partial charge in [0.05, 0.1) is 14.2 Å². The van der Waals surface area contributed by atoms with E-state index in [1.54, 1.807) is 20.8 Å². The maximum atomic E-state index is 12.0. The lowest BCUT2D eigenvalue weighted by Gasteiger charge is -2.28. The smallest absolute Gasteiger partial charge is 0.408 e. The first kappa shape index (κ1) is 17.2. The quantitative estimate of drug-likeness (QED) is 0.557. The van der Waals surface area contributed by atoms with Gasteiger partial charge in [-0.25, -0.2) is 9.59 Å². The molecule has 1 rings (SSSR count). The molecule has 1 amide bonds. The molecule has 120 valence electrons. The summed E-state index contributed by atoms with van der Waals surface area (Å²) in [6.45, 7) is 5.18. The molecular formula is C13H22N2O6. The van der Waals surface area contributed by atoms with Crippen molar-refractivity contribution in [2.45, 2.75) is 44.4 Å². The number of hydrogen-bond donors (Lipinski definition) is 2. The minimum absolute atomic E-state index is 0.0333. The van der Waals surface area contributed by atoms with E-state index in [1.165, 1.54) is 14.2 Å². The maximum Gasteiger partial charge on any atom is 0.408 e. The van der Waals surface area contributed by atoms with Gasteiger partial charge in [0.1, 0.15) is 11.6 Å². The third kappa shape index (κ3) is 4.32. The molecule has 0 spiro atoms. The highest BCUT2D eigenvalue weighted by atomic mass is 16.6. The summed E-state index contributed by atoms with van der Waals surface area (Å²) >= 11 is 0. The van der Waals surface area contributed by atoms with Gasteiger partial charge < -0.3 is 24.8 Å². The summed E-state index contributed by atoms with van der Waals surface area (Å²) < 4.78 is 14.5. The fourth-order valence-corrected chi connectivity index (χ4v) is 2.10. The van der Waals surface area contributed by atoms with E-state index in [9.17, 15) is 14.4 Å². The van der Waals surface area contributed by atoms with Gasteiger partial charge in [-0.1, -0.05) is 0 Å². The van der Waals surface area contributed by atoms with Crippen LogP contribution in [-0.2, 0) is 23.8 Å². The van der Waals surface area contributed by atoms with Crippen LogP contribution in [0.2, 0.25) is 0 Å². The highest BCUT2D eigenvalue weighted by Crippen LogP contribution is 2.23. The van der Waals surface area contributed by atoms with E-state index in [1.807, 2.05) is 0 Å². The van der Waals surface area contributed by atoms with E-state index < -0.39 is 35.2 Å². The van der Waals surface area contributed by atoms with Crippen LogP contribution in [-0.4, -0.2) is 56.0 Å². The van der Waals surface area contributed by atoms with Gasteiger partial charge in [0.15, 0.2) is 5.54 Å². The highest BCUT2D eigenvalue weighted by Gasteiger charge is 2.50. The zero-order valence-electron chi connectivity index (χ0n) is 12.9. The molecule has 0 aromatic heterocycles. The van der Waals surface area contributed by atoms with E-state index in [0.29, 0.717) is 0 Å². The summed E-state index contributed by atoms with van der Waals surface area (Å²) in [5.41, 5.74) is -2.05. The van der Waals surface area contributed by atoms with Crippen LogP contribution in [0.25, 0.3) is 0 Å². The molecule has 1 aliphatic rings. The lowest BCUT2D eigenvalue weighted by molar-refractivity contribution is -0.148. The van der Waals surface area contributed by atoms with Crippen LogP contribution in [0.4, 0.5) is 4.79 Å². The molecule has 0 aliphatic carbocycles. The summed E-state index contributed by atoms with van der Waals surface area (Å²) in [5, 5.41) is 5.34. The first-order chi connectivity index (χ1) is 9.63. The fraction of sp³-hybridized carbons (Fsp3) is 0.769. The molecule has 8 nitrogen and oxygen atoms in total. The molecule has 2 N–H and O–H groups in total. The molecule has 0 aromatic rings. The Kier molecular flexibility index (Phi) is 5.16. The Labute approximate surface area is 123 Å². The summed E-state index contributed by atoms with van der Waals surface area (Å²) in [6.07, 6.45) is -0.716. The second-order valence-electron chi connectivity index (χ2n) is 5.86. The normalized spacial score (nSPS) is 25.1. The largest absolute Gasteiger partial charge is 0.468 e. The van der Waals surface area contributed by atoms with Crippen molar-refractivity contribution in [1.82, 2.24) is 10.6 Å². The van der Waals surface area contributed by atoms with Crippen molar-refractivity contribution in [3.8, 4) is 0 Å². The summed E-state index contributed by atoms with van der Waals surface area (Å²) in [5.74, 6) is -1.15. The number of alkyl carbamates (subject to hydrolysis) is 1.